The lowest BCUT2D eigenvalue weighted by atomic mass is 10.1. The zero-order valence-electron chi connectivity index (χ0n) is 16.0. The highest BCUT2D eigenvalue weighted by Crippen LogP contribution is 2.18. The maximum Gasteiger partial charge on any atom is 0.193 e. The molecular weight excluding hydrogens is 429 g/mol. The van der Waals surface area contributed by atoms with E-state index < -0.39 is 0 Å². The van der Waals surface area contributed by atoms with E-state index in [1.807, 2.05) is 7.05 Å². The lowest BCUT2D eigenvalue weighted by Gasteiger charge is -2.32. The van der Waals surface area contributed by atoms with Crippen LogP contribution in [0.3, 0.4) is 0 Å². The minimum atomic E-state index is 0. The molecule has 3 aliphatic heterocycles. The van der Waals surface area contributed by atoms with Gasteiger partial charge in [0.25, 0.3) is 0 Å². The number of morpholine rings is 1. The van der Waals surface area contributed by atoms with E-state index in [1.54, 1.807) is 0 Å². The van der Waals surface area contributed by atoms with Gasteiger partial charge in [-0.1, -0.05) is 6.92 Å². The van der Waals surface area contributed by atoms with E-state index in [1.165, 1.54) is 38.9 Å². The molecule has 0 saturated carbocycles. The molecule has 0 spiro atoms. The molecule has 2 atom stereocenters. The third kappa shape index (κ3) is 5.94. The molecular formula is C18H36IN5O. The van der Waals surface area contributed by atoms with Gasteiger partial charge in [-0.05, 0) is 38.3 Å². The largest absolute Gasteiger partial charge is 0.379 e. The van der Waals surface area contributed by atoms with Crippen molar-refractivity contribution in [1.29, 1.82) is 0 Å². The van der Waals surface area contributed by atoms with E-state index in [-0.39, 0.29) is 24.0 Å². The fourth-order valence-electron chi connectivity index (χ4n) is 4.34. The van der Waals surface area contributed by atoms with Gasteiger partial charge >= 0.3 is 0 Å². The maximum absolute atomic E-state index is 5.48. The highest BCUT2D eigenvalue weighted by Gasteiger charge is 2.30. The van der Waals surface area contributed by atoms with Crippen LogP contribution in [0.5, 0.6) is 0 Å². The molecule has 6 nitrogen and oxygen atoms in total. The number of hydrogen-bond donors (Lipinski definition) is 1. The topological polar surface area (TPSA) is 43.3 Å². The van der Waals surface area contributed by atoms with Crippen molar-refractivity contribution in [3.63, 3.8) is 0 Å². The Labute approximate surface area is 170 Å². The Bertz CT molecular complexity index is 416. The number of guanidine groups is 1. The van der Waals surface area contributed by atoms with Crippen LogP contribution in [0.25, 0.3) is 0 Å². The van der Waals surface area contributed by atoms with Crippen LogP contribution < -0.4 is 5.32 Å². The van der Waals surface area contributed by atoms with Crippen LogP contribution in [-0.2, 0) is 4.74 Å². The summed E-state index contributed by atoms with van der Waals surface area (Å²) in [5.74, 6) is 1.87. The van der Waals surface area contributed by atoms with Gasteiger partial charge in [-0.25, -0.2) is 0 Å². The maximum atomic E-state index is 5.48. The highest BCUT2D eigenvalue weighted by molar-refractivity contribution is 14.0. The van der Waals surface area contributed by atoms with Crippen molar-refractivity contribution in [3.8, 4) is 0 Å². The van der Waals surface area contributed by atoms with Crippen LogP contribution >= 0.6 is 24.0 Å². The summed E-state index contributed by atoms with van der Waals surface area (Å²) in [6, 6.07) is 0.666. The van der Waals surface area contributed by atoms with Crippen LogP contribution in [0.4, 0.5) is 0 Å². The molecule has 0 aromatic heterocycles. The van der Waals surface area contributed by atoms with Crippen LogP contribution in [-0.4, -0.2) is 99.3 Å². The van der Waals surface area contributed by atoms with Gasteiger partial charge in [0.2, 0.25) is 0 Å². The Hall–Kier alpha value is -0.120. The molecule has 3 saturated heterocycles. The van der Waals surface area contributed by atoms with Crippen molar-refractivity contribution >= 4 is 29.9 Å². The van der Waals surface area contributed by atoms with E-state index in [4.69, 9.17) is 4.74 Å². The van der Waals surface area contributed by atoms with Gasteiger partial charge in [0, 0.05) is 52.4 Å². The lowest BCUT2D eigenvalue weighted by molar-refractivity contribution is 0.0195. The van der Waals surface area contributed by atoms with E-state index in [0.29, 0.717) is 6.04 Å². The van der Waals surface area contributed by atoms with Gasteiger partial charge in [-0.15, -0.1) is 24.0 Å². The first-order valence-corrected chi connectivity index (χ1v) is 9.80. The van der Waals surface area contributed by atoms with Gasteiger partial charge < -0.3 is 19.9 Å². The van der Waals surface area contributed by atoms with Gasteiger partial charge in [0.1, 0.15) is 0 Å². The van der Waals surface area contributed by atoms with Crippen molar-refractivity contribution in [1.82, 2.24) is 20.0 Å². The Morgan fingerprint density at radius 1 is 1.12 bits per heavy atom. The van der Waals surface area contributed by atoms with Crippen molar-refractivity contribution in [2.75, 3.05) is 72.6 Å². The third-order valence-electron chi connectivity index (χ3n) is 5.70. The number of halogens is 1. The third-order valence-corrected chi connectivity index (χ3v) is 5.70. The smallest absolute Gasteiger partial charge is 0.193 e. The standard InChI is InChI=1S/C18H35N5O.HI/c1-3-6-21-7-4-16(14-21)13-20-18(19-2)23-8-5-17(15-23)22-9-11-24-12-10-22;/h16-17H,3-15H2,1-2H3,(H,19,20);1H. The molecule has 0 aromatic carbocycles. The molecule has 0 aromatic rings. The van der Waals surface area contributed by atoms with Crippen molar-refractivity contribution < 1.29 is 4.74 Å². The van der Waals surface area contributed by atoms with Gasteiger partial charge in [0.15, 0.2) is 5.96 Å². The molecule has 2 unspecified atom stereocenters. The Balaban J connectivity index is 0.00000225. The van der Waals surface area contributed by atoms with Crippen LogP contribution in [0, 0.1) is 5.92 Å². The Morgan fingerprint density at radius 3 is 2.64 bits per heavy atom. The summed E-state index contributed by atoms with van der Waals surface area (Å²) < 4.78 is 5.48. The molecule has 0 bridgehead atoms. The predicted octanol–water partition coefficient (Wildman–Crippen LogP) is 1.32. The molecule has 0 aliphatic carbocycles. The van der Waals surface area contributed by atoms with Crippen LogP contribution in [0.1, 0.15) is 26.2 Å². The van der Waals surface area contributed by atoms with Crippen molar-refractivity contribution in [3.05, 3.63) is 0 Å². The first-order valence-electron chi connectivity index (χ1n) is 9.80. The summed E-state index contributed by atoms with van der Waals surface area (Å²) in [6.45, 7) is 13.3. The fourth-order valence-corrected chi connectivity index (χ4v) is 4.34. The summed E-state index contributed by atoms with van der Waals surface area (Å²) in [5.41, 5.74) is 0. The predicted molar refractivity (Wildman–Crippen MR) is 114 cm³/mol. The summed E-state index contributed by atoms with van der Waals surface area (Å²) in [4.78, 5) is 12.2. The molecule has 0 amide bonds. The zero-order valence-corrected chi connectivity index (χ0v) is 18.3. The average Bonchev–Trinajstić information content (AvgIpc) is 3.27. The quantitative estimate of drug-likeness (QED) is 0.377. The van der Waals surface area contributed by atoms with E-state index in [0.717, 1.165) is 57.8 Å². The zero-order chi connectivity index (χ0) is 16.8. The minimum absolute atomic E-state index is 0. The molecule has 3 rings (SSSR count). The van der Waals surface area contributed by atoms with Crippen molar-refractivity contribution in [2.24, 2.45) is 10.9 Å². The molecule has 3 fully saturated rings. The van der Waals surface area contributed by atoms with E-state index >= 15 is 0 Å². The second-order valence-electron chi connectivity index (χ2n) is 7.42. The second kappa shape index (κ2) is 10.9. The van der Waals surface area contributed by atoms with Crippen LogP contribution in [0.2, 0.25) is 0 Å². The normalized spacial score (nSPS) is 29.0. The molecule has 3 heterocycles. The molecule has 7 heteroatoms. The monoisotopic (exact) mass is 465 g/mol. The summed E-state index contributed by atoms with van der Waals surface area (Å²) >= 11 is 0. The van der Waals surface area contributed by atoms with Gasteiger partial charge in [0.05, 0.1) is 13.2 Å². The van der Waals surface area contributed by atoms with E-state index in [2.05, 4.69) is 31.9 Å². The first-order chi connectivity index (χ1) is 11.8. The van der Waals surface area contributed by atoms with Crippen LogP contribution in [0.15, 0.2) is 4.99 Å². The Kier molecular flexibility index (Phi) is 9.23. The number of nitrogens with one attached hydrogen (secondary N) is 1. The molecule has 25 heavy (non-hydrogen) atoms. The van der Waals surface area contributed by atoms with Gasteiger partial charge in [-0.3, -0.25) is 9.89 Å². The fraction of sp³-hybridized carbons (Fsp3) is 0.944. The summed E-state index contributed by atoms with van der Waals surface area (Å²) in [5, 5.41) is 3.65. The molecule has 3 aliphatic rings. The second-order valence-corrected chi connectivity index (χ2v) is 7.42. The SMILES string of the molecule is CCCN1CCC(CNC(=NC)N2CCC(N3CCOCC3)C2)C1.I. The number of likely N-dealkylation sites (tertiary alicyclic amines) is 2. The number of rotatable bonds is 5. The average molecular weight is 465 g/mol. The molecule has 1 N–H and O–H groups in total. The molecule has 146 valence electrons. The molecule has 0 radical (unpaired) electrons. The van der Waals surface area contributed by atoms with E-state index in [9.17, 15) is 0 Å². The highest BCUT2D eigenvalue weighted by atomic mass is 127. The number of hydrogen-bond acceptors (Lipinski definition) is 4. The first kappa shape index (κ1) is 21.2. The van der Waals surface area contributed by atoms with Crippen molar-refractivity contribution in [2.45, 2.75) is 32.2 Å². The number of ether oxygens (including phenoxy) is 1. The van der Waals surface area contributed by atoms with Gasteiger partial charge in [-0.2, -0.15) is 0 Å². The summed E-state index contributed by atoms with van der Waals surface area (Å²) in [6.07, 6.45) is 3.83. The summed E-state index contributed by atoms with van der Waals surface area (Å²) in [7, 11) is 1.92. The lowest BCUT2D eigenvalue weighted by Crippen LogP contribution is -2.47. The minimum Gasteiger partial charge on any atom is -0.379 e. The number of nitrogens with zero attached hydrogens (tertiary/aromatic N) is 4. The Morgan fingerprint density at radius 2 is 1.92 bits per heavy atom. The number of aliphatic imine (C=N–C) groups is 1.